The lowest BCUT2D eigenvalue weighted by Crippen LogP contribution is -2.10. The molecule has 1 aliphatic heterocycles. The van der Waals surface area contributed by atoms with Gasteiger partial charge >= 0.3 is 0 Å². The van der Waals surface area contributed by atoms with Gasteiger partial charge in [0, 0.05) is 16.6 Å². The second-order valence-electron chi connectivity index (χ2n) is 4.46. The maximum atomic E-state index is 9.03. The summed E-state index contributed by atoms with van der Waals surface area (Å²) in [6.07, 6.45) is 0. The minimum absolute atomic E-state index is 0.410. The van der Waals surface area contributed by atoms with Crippen molar-refractivity contribution in [2.45, 2.75) is 10.8 Å². The summed E-state index contributed by atoms with van der Waals surface area (Å²) in [7, 11) is 0. The van der Waals surface area contributed by atoms with Gasteiger partial charge in [-0.05, 0) is 23.8 Å². The number of ether oxygens (including phenoxy) is 1. The highest BCUT2D eigenvalue weighted by Gasteiger charge is 2.23. The molecule has 0 aromatic heterocycles. The predicted molar refractivity (Wildman–Crippen MR) is 76.6 cm³/mol. The molecule has 1 heterocycles. The van der Waals surface area contributed by atoms with Crippen molar-refractivity contribution in [3.63, 3.8) is 0 Å². The summed E-state index contributed by atoms with van der Waals surface area (Å²) in [5.41, 5.74) is 1.96. The molecule has 3 rings (SSSR count). The summed E-state index contributed by atoms with van der Waals surface area (Å²) in [5.74, 6) is 2.14. The minimum Gasteiger partial charge on any atom is -0.492 e. The molecule has 0 radical (unpaired) electrons. The lowest BCUT2D eigenvalue weighted by molar-refractivity contribution is 0.297. The molecule has 0 spiro atoms. The third-order valence-corrected chi connectivity index (χ3v) is 4.50. The molecule has 3 heteroatoms. The maximum Gasteiger partial charge on any atom is 0.137 e. The summed E-state index contributed by atoms with van der Waals surface area (Å²) >= 11 is 1.88. The molecule has 1 unspecified atom stereocenters. The van der Waals surface area contributed by atoms with Crippen LogP contribution in [0.1, 0.15) is 17.0 Å². The van der Waals surface area contributed by atoms with Crippen LogP contribution in [-0.2, 0) is 0 Å². The maximum absolute atomic E-state index is 9.03. The Morgan fingerprint density at radius 1 is 1.16 bits per heavy atom. The highest BCUT2D eigenvalue weighted by molar-refractivity contribution is 7.99. The second kappa shape index (κ2) is 5.38. The van der Waals surface area contributed by atoms with Gasteiger partial charge in [-0.1, -0.05) is 30.3 Å². The Morgan fingerprint density at radius 3 is 2.84 bits per heavy atom. The minimum atomic E-state index is 0.410. The highest BCUT2D eigenvalue weighted by atomic mass is 32.2. The molecule has 2 aromatic carbocycles. The van der Waals surface area contributed by atoms with Gasteiger partial charge in [0.05, 0.1) is 12.2 Å². The lowest BCUT2D eigenvalue weighted by Gasteiger charge is -2.13. The van der Waals surface area contributed by atoms with Gasteiger partial charge < -0.3 is 4.74 Å². The molecule has 1 atom stereocenters. The molecule has 0 aliphatic carbocycles. The first-order valence-electron chi connectivity index (χ1n) is 6.22. The molecule has 0 saturated heterocycles. The van der Waals surface area contributed by atoms with E-state index in [9.17, 15) is 0 Å². The molecule has 1 aliphatic rings. The molecule has 2 aromatic rings. The fraction of sp³-hybridized carbons (Fsp3) is 0.188. The van der Waals surface area contributed by atoms with Gasteiger partial charge in [-0.15, -0.1) is 11.8 Å². The normalized spacial score (nSPS) is 16.7. The number of benzene rings is 2. The van der Waals surface area contributed by atoms with Crippen LogP contribution in [0.5, 0.6) is 5.75 Å². The molecule has 0 amide bonds. The Balaban J connectivity index is 1.73. The smallest absolute Gasteiger partial charge is 0.137 e. The number of nitrogens with zero attached hydrogens (tertiary/aromatic N) is 1. The van der Waals surface area contributed by atoms with Crippen LogP contribution in [0.4, 0.5) is 0 Å². The lowest BCUT2D eigenvalue weighted by atomic mass is 10.0. The molecule has 0 bridgehead atoms. The quantitative estimate of drug-likeness (QED) is 0.847. The highest BCUT2D eigenvalue weighted by Crippen LogP contribution is 2.39. The fourth-order valence-corrected chi connectivity index (χ4v) is 3.48. The molecule has 0 fully saturated rings. The number of hydrogen-bond acceptors (Lipinski definition) is 3. The second-order valence-corrected chi connectivity index (χ2v) is 5.53. The number of hydrogen-bond donors (Lipinski definition) is 0. The van der Waals surface area contributed by atoms with E-state index in [0.717, 1.165) is 5.75 Å². The number of nitriles is 1. The van der Waals surface area contributed by atoms with Crippen LogP contribution in [0.3, 0.4) is 0 Å². The zero-order valence-electron chi connectivity index (χ0n) is 10.4. The van der Waals surface area contributed by atoms with Gasteiger partial charge in [-0.25, -0.2) is 0 Å². The summed E-state index contributed by atoms with van der Waals surface area (Å²) < 4.78 is 5.83. The van der Waals surface area contributed by atoms with Gasteiger partial charge in [0.2, 0.25) is 0 Å². The topological polar surface area (TPSA) is 33.0 Å². The van der Waals surface area contributed by atoms with E-state index in [1.165, 1.54) is 10.5 Å². The summed E-state index contributed by atoms with van der Waals surface area (Å²) in [4.78, 5) is 1.35. The number of rotatable bonds is 3. The first-order chi connectivity index (χ1) is 9.38. The van der Waals surface area contributed by atoms with E-state index in [1.54, 1.807) is 6.07 Å². The fourth-order valence-electron chi connectivity index (χ4n) is 2.24. The molecule has 0 N–H and O–H groups in total. The van der Waals surface area contributed by atoms with Crippen molar-refractivity contribution < 1.29 is 4.74 Å². The van der Waals surface area contributed by atoms with Crippen LogP contribution in [0.2, 0.25) is 0 Å². The van der Waals surface area contributed by atoms with Crippen LogP contribution < -0.4 is 4.74 Å². The van der Waals surface area contributed by atoms with Gasteiger partial charge in [0.25, 0.3) is 0 Å². The van der Waals surface area contributed by atoms with Gasteiger partial charge in [0.1, 0.15) is 11.8 Å². The zero-order chi connectivity index (χ0) is 13.1. The van der Waals surface area contributed by atoms with Crippen LogP contribution >= 0.6 is 11.8 Å². The third-order valence-electron chi connectivity index (χ3n) is 3.25. The third kappa shape index (κ3) is 2.45. The van der Waals surface area contributed by atoms with Crippen molar-refractivity contribution in [3.8, 4) is 11.8 Å². The summed E-state index contributed by atoms with van der Waals surface area (Å²) in [5, 5.41) is 9.03. The molecule has 94 valence electrons. The van der Waals surface area contributed by atoms with Crippen LogP contribution in [0.25, 0.3) is 0 Å². The van der Waals surface area contributed by atoms with Crippen molar-refractivity contribution in [1.29, 1.82) is 5.26 Å². The number of para-hydroxylation sites is 1. The number of fused-ring (bicyclic) bond motifs is 1. The SMILES string of the molecule is N#Cc1ccccc1OCC1CSc2ccccc21. The molecular formula is C16H13NOS. The Bertz CT molecular complexity index is 633. The Kier molecular flexibility index (Phi) is 3.43. The first kappa shape index (κ1) is 12.1. The van der Waals surface area contributed by atoms with Gasteiger partial charge in [0.15, 0.2) is 0 Å². The Hall–Kier alpha value is -1.92. The van der Waals surface area contributed by atoms with E-state index >= 15 is 0 Å². The van der Waals surface area contributed by atoms with Crippen molar-refractivity contribution in [1.82, 2.24) is 0 Å². The zero-order valence-corrected chi connectivity index (χ0v) is 11.2. The Morgan fingerprint density at radius 2 is 1.95 bits per heavy atom. The van der Waals surface area contributed by atoms with E-state index in [2.05, 4.69) is 30.3 Å². The monoisotopic (exact) mass is 267 g/mol. The van der Waals surface area contributed by atoms with Gasteiger partial charge in [-0.2, -0.15) is 5.26 Å². The van der Waals surface area contributed by atoms with E-state index in [-0.39, 0.29) is 0 Å². The Labute approximate surface area is 117 Å². The average molecular weight is 267 g/mol. The van der Waals surface area contributed by atoms with Crippen molar-refractivity contribution in [2.24, 2.45) is 0 Å². The molecule has 0 saturated carbocycles. The van der Waals surface area contributed by atoms with Gasteiger partial charge in [-0.3, -0.25) is 0 Å². The largest absolute Gasteiger partial charge is 0.492 e. The summed E-state index contributed by atoms with van der Waals surface area (Å²) in [6, 6.07) is 18.0. The first-order valence-corrected chi connectivity index (χ1v) is 7.20. The van der Waals surface area contributed by atoms with Crippen molar-refractivity contribution in [3.05, 3.63) is 59.7 Å². The predicted octanol–water partition coefficient (Wildman–Crippen LogP) is 3.83. The van der Waals surface area contributed by atoms with Crippen LogP contribution in [0, 0.1) is 11.3 Å². The van der Waals surface area contributed by atoms with Crippen LogP contribution in [-0.4, -0.2) is 12.4 Å². The van der Waals surface area contributed by atoms with Crippen molar-refractivity contribution in [2.75, 3.05) is 12.4 Å². The molecule has 19 heavy (non-hydrogen) atoms. The summed E-state index contributed by atoms with van der Waals surface area (Å²) in [6.45, 7) is 0.628. The van der Waals surface area contributed by atoms with E-state index in [0.29, 0.717) is 23.8 Å². The molecule has 2 nitrogen and oxygen atoms in total. The average Bonchev–Trinajstić information content (AvgIpc) is 2.89. The van der Waals surface area contributed by atoms with Crippen molar-refractivity contribution >= 4 is 11.8 Å². The standard InChI is InChI=1S/C16H13NOS/c17-9-12-5-1-3-7-15(12)18-10-13-11-19-16-8-4-2-6-14(13)16/h1-8,13H,10-11H2. The molecular weight excluding hydrogens is 254 g/mol. The van der Waals surface area contributed by atoms with E-state index in [4.69, 9.17) is 10.00 Å². The van der Waals surface area contributed by atoms with E-state index < -0.39 is 0 Å². The number of thioether (sulfide) groups is 1. The van der Waals surface area contributed by atoms with Crippen LogP contribution in [0.15, 0.2) is 53.4 Å². The van der Waals surface area contributed by atoms with E-state index in [1.807, 2.05) is 30.0 Å².